The Morgan fingerprint density at radius 1 is 0.243 bits per heavy atom. The monoisotopic (exact) mass is 1510 g/mol. The van der Waals surface area contributed by atoms with Crippen molar-refractivity contribution >= 4 is 39.5 Å². The van der Waals surface area contributed by atoms with Gasteiger partial charge in [-0.3, -0.25) is 37.3 Å². The van der Waals surface area contributed by atoms with Gasteiger partial charge in [0, 0.05) is 25.7 Å². The normalized spacial score (nSPS) is 14.0. The van der Waals surface area contributed by atoms with Gasteiger partial charge in [0.1, 0.15) is 19.3 Å². The van der Waals surface area contributed by atoms with Crippen molar-refractivity contribution in [1.29, 1.82) is 0 Å². The second kappa shape index (κ2) is 72.9. The highest BCUT2D eigenvalue weighted by molar-refractivity contribution is 7.47. The number of unbranched alkanes of at least 4 members (excludes halogenated alkanes) is 47. The zero-order valence-electron chi connectivity index (χ0n) is 68.0. The molecule has 103 heavy (non-hydrogen) atoms. The number of phosphoric ester groups is 2. The maximum absolute atomic E-state index is 13.1. The molecule has 0 aliphatic rings. The Balaban J connectivity index is 5.26. The van der Waals surface area contributed by atoms with Crippen LogP contribution in [0.4, 0.5) is 0 Å². The van der Waals surface area contributed by atoms with E-state index < -0.39 is 97.5 Å². The van der Waals surface area contributed by atoms with E-state index in [1.807, 2.05) is 0 Å². The summed E-state index contributed by atoms with van der Waals surface area (Å²) in [7, 11) is -9.93. The fourth-order valence-electron chi connectivity index (χ4n) is 13.0. The third-order valence-corrected chi connectivity index (χ3v) is 21.5. The van der Waals surface area contributed by atoms with Crippen LogP contribution in [-0.4, -0.2) is 96.7 Å². The average Bonchev–Trinajstić information content (AvgIpc) is 0.910. The molecular weight excluding hydrogens is 1340 g/mol. The molecule has 0 saturated carbocycles. The van der Waals surface area contributed by atoms with Crippen LogP contribution in [0.1, 0.15) is 434 Å². The second-order valence-electron chi connectivity index (χ2n) is 32.1. The van der Waals surface area contributed by atoms with Gasteiger partial charge >= 0.3 is 39.5 Å². The molecule has 19 heteroatoms. The van der Waals surface area contributed by atoms with Gasteiger partial charge < -0.3 is 33.8 Å². The van der Waals surface area contributed by atoms with E-state index in [2.05, 4.69) is 55.4 Å². The molecule has 2 unspecified atom stereocenters. The highest BCUT2D eigenvalue weighted by Gasteiger charge is 2.30. The average molecular weight is 1510 g/mol. The number of phosphoric acid groups is 2. The molecule has 0 aromatic carbocycles. The second-order valence-corrected chi connectivity index (χ2v) is 35.0. The third-order valence-electron chi connectivity index (χ3n) is 19.6. The zero-order valence-corrected chi connectivity index (χ0v) is 69.7. The number of hydrogen-bond donors (Lipinski definition) is 3. The van der Waals surface area contributed by atoms with Crippen LogP contribution in [0.25, 0.3) is 0 Å². The van der Waals surface area contributed by atoms with Gasteiger partial charge in [0.25, 0.3) is 0 Å². The molecule has 5 atom stereocenters. The standard InChI is InChI=1S/C84H164O17P2/c1-74(2)60-52-44-36-28-20-16-12-9-10-14-19-23-34-42-50-58-66-83(88)100-79(70-94-81(86)64-56-48-40-32-22-18-15-11-13-17-21-29-37-45-53-61-75(3)4)72-98-102(90,91)96-68-78(85)69-97-103(92,93)99-73-80(101-84(89)67-59-51-43-35-27-25-31-39-47-55-63-77(7)8)71-95-82(87)65-57-49-41-33-26-24-30-38-46-54-62-76(5)6/h74-80,85H,9-73H2,1-8H3,(H,90,91)(H,92,93)/t78-,79-,80-/m1/s1. The fraction of sp³-hybridized carbons (Fsp3) is 0.952. The van der Waals surface area contributed by atoms with Crippen LogP contribution in [0.5, 0.6) is 0 Å². The molecule has 0 aliphatic heterocycles. The molecule has 0 heterocycles. The summed E-state index contributed by atoms with van der Waals surface area (Å²) in [5, 5.41) is 10.7. The van der Waals surface area contributed by atoms with Gasteiger partial charge in [-0.05, 0) is 49.4 Å². The number of rotatable bonds is 81. The van der Waals surface area contributed by atoms with Crippen LogP contribution in [0, 0.1) is 23.7 Å². The van der Waals surface area contributed by atoms with Gasteiger partial charge in [-0.25, -0.2) is 9.13 Å². The fourth-order valence-corrected chi connectivity index (χ4v) is 14.5. The van der Waals surface area contributed by atoms with Crippen LogP contribution < -0.4 is 0 Å². The van der Waals surface area contributed by atoms with Crippen molar-refractivity contribution in [3.63, 3.8) is 0 Å². The number of carbonyl (C=O) groups excluding carboxylic acids is 4. The van der Waals surface area contributed by atoms with Crippen molar-refractivity contribution in [2.75, 3.05) is 39.6 Å². The Hall–Kier alpha value is -1.94. The first kappa shape index (κ1) is 101. The number of esters is 4. The van der Waals surface area contributed by atoms with Crippen LogP contribution >= 0.6 is 15.6 Å². The topological polar surface area (TPSA) is 237 Å². The molecule has 17 nitrogen and oxygen atoms in total. The summed E-state index contributed by atoms with van der Waals surface area (Å²) < 4.78 is 68.8. The highest BCUT2D eigenvalue weighted by atomic mass is 31.2. The van der Waals surface area contributed by atoms with Crippen molar-refractivity contribution in [3.8, 4) is 0 Å². The highest BCUT2D eigenvalue weighted by Crippen LogP contribution is 2.45. The molecule has 0 saturated heterocycles. The number of ether oxygens (including phenoxy) is 4. The molecule has 0 amide bonds. The van der Waals surface area contributed by atoms with E-state index in [0.717, 1.165) is 114 Å². The summed E-state index contributed by atoms with van der Waals surface area (Å²) in [5.41, 5.74) is 0. The minimum atomic E-state index is -4.97. The van der Waals surface area contributed by atoms with Gasteiger partial charge in [0.05, 0.1) is 26.4 Å². The summed E-state index contributed by atoms with van der Waals surface area (Å²) in [6.07, 6.45) is 61.0. The molecule has 0 aromatic heterocycles. The summed E-state index contributed by atoms with van der Waals surface area (Å²) in [6.45, 7) is 14.3. The third kappa shape index (κ3) is 78.0. The Bertz CT molecular complexity index is 2010. The van der Waals surface area contributed by atoms with Crippen molar-refractivity contribution in [1.82, 2.24) is 0 Å². The van der Waals surface area contributed by atoms with Crippen LogP contribution in [0.3, 0.4) is 0 Å². The van der Waals surface area contributed by atoms with E-state index in [0.29, 0.717) is 25.7 Å². The lowest BCUT2D eigenvalue weighted by atomic mass is 10.0. The van der Waals surface area contributed by atoms with Gasteiger partial charge in [0.15, 0.2) is 12.2 Å². The van der Waals surface area contributed by atoms with E-state index in [1.165, 1.54) is 238 Å². The Morgan fingerprint density at radius 3 is 0.602 bits per heavy atom. The molecule has 0 aromatic rings. The molecule has 612 valence electrons. The predicted octanol–water partition coefficient (Wildman–Crippen LogP) is 25.2. The van der Waals surface area contributed by atoms with E-state index in [9.17, 15) is 43.2 Å². The quantitative estimate of drug-likeness (QED) is 0.0222. The van der Waals surface area contributed by atoms with Gasteiger partial charge in [-0.1, -0.05) is 383 Å². The maximum Gasteiger partial charge on any atom is 0.472 e. The summed E-state index contributed by atoms with van der Waals surface area (Å²) in [4.78, 5) is 73.2. The van der Waals surface area contributed by atoms with Crippen molar-refractivity contribution in [2.45, 2.75) is 453 Å². The molecule has 3 N–H and O–H groups in total. The first-order chi connectivity index (χ1) is 49.6. The Labute approximate surface area is 632 Å². The summed E-state index contributed by atoms with van der Waals surface area (Å²) in [6, 6.07) is 0. The van der Waals surface area contributed by atoms with E-state index in [4.69, 9.17) is 37.0 Å². The molecule has 0 radical (unpaired) electrons. The van der Waals surface area contributed by atoms with E-state index in [1.54, 1.807) is 0 Å². The van der Waals surface area contributed by atoms with Crippen LogP contribution in [-0.2, 0) is 65.4 Å². The lowest BCUT2D eigenvalue weighted by Crippen LogP contribution is -2.30. The lowest BCUT2D eigenvalue weighted by molar-refractivity contribution is -0.161. The van der Waals surface area contributed by atoms with Crippen molar-refractivity contribution < 1.29 is 80.2 Å². The van der Waals surface area contributed by atoms with Crippen molar-refractivity contribution in [2.24, 2.45) is 23.7 Å². The smallest absolute Gasteiger partial charge is 0.462 e. The SMILES string of the molecule is CC(C)CCCCCCCCCCCCCCCCCCC(=O)O[C@H](COC(=O)CCCCCCCCCCCCCCCCCC(C)C)COP(=O)(O)OC[C@@H](O)COP(=O)(O)OC[C@@H](COC(=O)CCCCCCCCCCCCC(C)C)OC(=O)CCCCCCCCCCCCC(C)C. The van der Waals surface area contributed by atoms with Gasteiger partial charge in [-0.2, -0.15) is 0 Å². The van der Waals surface area contributed by atoms with Crippen LogP contribution in [0.2, 0.25) is 0 Å². The van der Waals surface area contributed by atoms with Gasteiger partial charge in [-0.15, -0.1) is 0 Å². The zero-order chi connectivity index (χ0) is 76.0. The Morgan fingerprint density at radius 2 is 0.408 bits per heavy atom. The summed E-state index contributed by atoms with van der Waals surface area (Å²) in [5.74, 6) is 1.02. The molecule has 0 spiro atoms. The van der Waals surface area contributed by atoms with Gasteiger partial charge in [0.2, 0.25) is 0 Å². The Kier molecular flexibility index (Phi) is 71.5. The molecule has 0 aliphatic carbocycles. The molecule has 0 bridgehead atoms. The van der Waals surface area contributed by atoms with Crippen molar-refractivity contribution in [3.05, 3.63) is 0 Å². The maximum atomic E-state index is 13.1. The number of aliphatic hydroxyl groups is 1. The molecular formula is C84H164O17P2. The largest absolute Gasteiger partial charge is 0.472 e. The number of carbonyl (C=O) groups is 4. The molecule has 0 rings (SSSR count). The predicted molar refractivity (Wildman–Crippen MR) is 423 cm³/mol. The lowest BCUT2D eigenvalue weighted by Gasteiger charge is -2.21. The number of aliphatic hydroxyl groups excluding tert-OH is 1. The van der Waals surface area contributed by atoms with E-state index >= 15 is 0 Å². The number of hydrogen-bond acceptors (Lipinski definition) is 15. The molecule has 0 fully saturated rings. The van der Waals surface area contributed by atoms with E-state index in [-0.39, 0.29) is 25.7 Å². The summed E-state index contributed by atoms with van der Waals surface area (Å²) >= 11 is 0. The minimum Gasteiger partial charge on any atom is -0.462 e. The first-order valence-corrected chi connectivity index (χ1v) is 46.2. The minimum absolute atomic E-state index is 0.106. The first-order valence-electron chi connectivity index (χ1n) is 43.2. The van der Waals surface area contributed by atoms with Crippen LogP contribution in [0.15, 0.2) is 0 Å².